The van der Waals surface area contributed by atoms with Crippen LogP contribution in [0.1, 0.15) is 40.0 Å². The number of pyridine rings is 1. The number of carboxylic acids is 1. The molecule has 0 bridgehead atoms. The maximum atomic E-state index is 13.4. The summed E-state index contributed by atoms with van der Waals surface area (Å²) in [6.45, 7) is 0.785. The fourth-order valence-corrected chi connectivity index (χ4v) is 5.04. The quantitative estimate of drug-likeness (QED) is 0.0727. The van der Waals surface area contributed by atoms with E-state index in [0.717, 1.165) is 12.8 Å². The zero-order valence-electron chi connectivity index (χ0n) is 26.0. The molecule has 2 amide bonds. The predicted octanol–water partition coefficient (Wildman–Crippen LogP) is 0.815. The second-order valence-corrected chi connectivity index (χ2v) is 11.6. The summed E-state index contributed by atoms with van der Waals surface area (Å²) >= 11 is 0. The predicted molar refractivity (Wildman–Crippen MR) is 168 cm³/mol. The highest BCUT2D eigenvalue weighted by Gasteiger charge is 2.32. The minimum absolute atomic E-state index is 0.0321. The Hall–Kier alpha value is -4.38. The summed E-state index contributed by atoms with van der Waals surface area (Å²) in [6.07, 6.45) is 4.71. The number of piperazine rings is 1. The van der Waals surface area contributed by atoms with E-state index in [2.05, 4.69) is 9.51 Å². The number of unbranched alkanes of at least 4 members (excludes halogenated alkanes) is 1. The number of aliphatic carboxylic acids is 1. The van der Waals surface area contributed by atoms with Crippen molar-refractivity contribution in [2.24, 2.45) is 11.5 Å². The van der Waals surface area contributed by atoms with Crippen LogP contribution in [-0.4, -0.2) is 111 Å². The topological polar surface area (TPSA) is 250 Å². The van der Waals surface area contributed by atoms with Crippen LogP contribution in [-0.2, 0) is 25.4 Å². The standard InChI is InChI=1S/C23H25N4O9P.C6H14N2O2/c1-34-17-12-24-21(35-2)19-18(17)16(13-27(19)14-36-37(31,32)33)20(28)23(30)26-10-8-25(9-11-26)22(29)15-6-4-3-5-7-15;7-4-2-1-3-5(8)6(9)10/h3-7,12-13H,8-11,14H2,1-2H3,(H2,31,32,33);5H,1-4,7-8H2,(H,9,10)/t;5-/m.0/s1. The molecule has 17 nitrogen and oxygen atoms in total. The van der Waals surface area contributed by atoms with Gasteiger partial charge in [-0.05, 0) is 31.5 Å². The minimum atomic E-state index is -4.85. The maximum absolute atomic E-state index is 13.4. The van der Waals surface area contributed by atoms with Crippen molar-refractivity contribution in [3.63, 3.8) is 0 Å². The Labute approximate surface area is 270 Å². The summed E-state index contributed by atoms with van der Waals surface area (Å²) < 4.78 is 27.7. The van der Waals surface area contributed by atoms with Gasteiger partial charge in [-0.3, -0.25) is 23.7 Å². The van der Waals surface area contributed by atoms with Crippen molar-refractivity contribution in [3.8, 4) is 11.6 Å². The third-order valence-corrected chi connectivity index (χ3v) is 7.66. The number of Topliss-reactive ketones (excluding diaryl/α,β-unsaturated/α-hetero) is 1. The van der Waals surface area contributed by atoms with Crippen molar-refractivity contribution < 1.29 is 52.6 Å². The summed E-state index contributed by atoms with van der Waals surface area (Å²) in [6, 6.07) is 8.07. The Bertz CT molecular complexity index is 1600. The van der Waals surface area contributed by atoms with Gasteiger partial charge in [0, 0.05) is 37.9 Å². The van der Waals surface area contributed by atoms with E-state index in [4.69, 9.17) is 35.8 Å². The summed E-state index contributed by atoms with van der Waals surface area (Å²) in [5.74, 6) is -2.56. The summed E-state index contributed by atoms with van der Waals surface area (Å²) in [5, 5.41) is 8.51. The molecule has 47 heavy (non-hydrogen) atoms. The maximum Gasteiger partial charge on any atom is 0.471 e. The average molecular weight is 679 g/mol. The van der Waals surface area contributed by atoms with Crippen LogP contribution in [0.25, 0.3) is 10.9 Å². The largest absolute Gasteiger partial charge is 0.494 e. The van der Waals surface area contributed by atoms with Gasteiger partial charge in [-0.2, -0.15) is 0 Å². The highest BCUT2D eigenvalue weighted by Crippen LogP contribution is 2.39. The molecule has 256 valence electrons. The van der Waals surface area contributed by atoms with Crippen LogP contribution >= 0.6 is 7.82 Å². The van der Waals surface area contributed by atoms with Gasteiger partial charge in [-0.1, -0.05) is 24.6 Å². The zero-order valence-corrected chi connectivity index (χ0v) is 26.9. The lowest BCUT2D eigenvalue weighted by atomic mass is 10.1. The molecule has 1 fully saturated rings. The van der Waals surface area contributed by atoms with E-state index >= 15 is 0 Å². The lowest BCUT2D eigenvalue weighted by Crippen LogP contribution is -2.52. The minimum Gasteiger partial charge on any atom is -0.494 e. The molecule has 0 unspecified atom stereocenters. The van der Waals surface area contributed by atoms with Crippen LogP contribution in [0.15, 0.2) is 42.7 Å². The van der Waals surface area contributed by atoms with Gasteiger partial charge in [-0.25, -0.2) is 9.55 Å². The van der Waals surface area contributed by atoms with E-state index < -0.39 is 38.3 Å². The molecule has 0 radical (unpaired) electrons. The molecule has 3 aromatic rings. The molecule has 3 heterocycles. The molecule has 1 aliphatic rings. The van der Waals surface area contributed by atoms with Crippen LogP contribution < -0.4 is 20.9 Å². The highest BCUT2D eigenvalue weighted by atomic mass is 31.2. The van der Waals surface area contributed by atoms with Crippen LogP contribution in [0.3, 0.4) is 0 Å². The fourth-order valence-electron chi connectivity index (χ4n) is 4.76. The highest BCUT2D eigenvalue weighted by molar-refractivity contribution is 7.46. The van der Waals surface area contributed by atoms with E-state index in [0.29, 0.717) is 18.5 Å². The molecule has 1 aliphatic heterocycles. The Morgan fingerprint density at radius 3 is 2.19 bits per heavy atom. The third-order valence-electron chi connectivity index (χ3n) is 7.20. The van der Waals surface area contributed by atoms with Crippen LogP contribution in [0.2, 0.25) is 0 Å². The molecule has 7 N–H and O–H groups in total. The number of rotatable bonds is 13. The number of ether oxygens (including phenoxy) is 2. The number of carbonyl (C=O) groups excluding carboxylic acids is 3. The SMILES string of the molecule is COc1cnc(OC)c2c1c(C(=O)C(=O)N1CCN(C(=O)c3ccccc3)CC1)cn2COP(=O)(O)O.NCCCC[C@H](N)C(=O)O. The molecule has 1 aromatic carbocycles. The number of phosphoric ester groups is 1. The number of nitrogens with zero attached hydrogens (tertiary/aromatic N) is 4. The van der Waals surface area contributed by atoms with E-state index in [1.807, 2.05) is 6.07 Å². The number of methoxy groups -OCH3 is 2. The van der Waals surface area contributed by atoms with Gasteiger partial charge >= 0.3 is 13.8 Å². The molecular formula is C29H39N6O11P. The number of amides is 2. The summed E-state index contributed by atoms with van der Waals surface area (Å²) in [7, 11) is -2.16. The monoisotopic (exact) mass is 678 g/mol. The van der Waals surface area contributed by atoms with Crippen molar-refractivity contribution in [2.45, 2.75) is 32.0 Å². The average Bonchev–Trinajstić information content (AvgIpc) is 3.46. The molecule has 0 saturated carbocycles. The number of carbonyl (C=O) groups is 4. The summed E-state index contributed by atoms with van der Waals surface area (Å²) in [4.78, 5) is 74.7. The lowest BCUT2D eigenvalue weighted by molar-refractivity contribution is -0.138. The lowest BCUT2D eigenvalue weighted by Gasteiger charge is -2.34. The van der Waals surface area contributed by atoms with E-state index in [-0.39, 0.29) is 60.2 Å². The molecule has 0 aliphatic carbocycles. The second kappa shape index (κ2) is 17.0. The first kappa shape index (κ1) is 37.1. The van der Waals surface area contributed by atoms with Gasteiger partial charge in [0.1, 0.15) is 24.0 Å². The normalized spacial score (nSPS) is 13.8. The Morgan fingerprint density at radius 1 is 1.00 bits per heavy atom. The number of benzene rings is 1. The number of fused-ring (bicyclic) bond motifs is 1. The van der Waals surface area contributed by atoms with E-state index in [1.165, 1.54) is 36.1 Å². The van der Waals surface area contributed by atoms with Gasteiger partial charge in [0.05, 0.1) is 31.4 Å². The molecule has 4 rings (SSSR count). The molecule has 1 atom stereocenters. The van der Waals surface area contributed by atoms with Gasteiger partial charge in [0.25, 0.3) is 17.6 Å². The van der Waals surface area contributed by atoms with Gasteiger partial charge in [0.15, 0.2) is 0 Å². The number of ketones is 1. The number of phosphoric acid groups is 1. The fraction of sp³-hybridized carbons (Fsp3) is 0.414. The van der Waals surface area contributed by atoms with Crippen LogP contribution in [0.4, 0.5) is 0 Å². The van der Waals surface area contributed by atoms with Crippen molar-refractivity contribution in [1.82, 2.24) is 19.4 Å². The van der Waals surface area contributed by atoms with E-state index in [1.54, 1.807) is 29.2 Å². The third kappa shape index (κ3) is 9.81. The summed E-state index contributed by atoms with van der Waals surface area (Å²) in [5.41, 5.74) is 11.0. The van der Waals surface area contributed by atoms with Crippen molar-refractivity contribution in [3.05, 3.63) is 53.9 Å². The first-order valence-corrected chi connectivity index (χ1v) is 16.0. The Kier molecular flexibility index (Phi) is 13.4. The van der Waals surface area contributed by atoms with Gasteiger partial charge in [-0.15, -0.1) is 0 Å². The van der Waals surface area contributed by atoms with E-state index in [9.17, 15) is 23.7 Å². The molecule has 2 aromatic heterocycles. The smallest absolute Gasteiger partial charge is 0.471 e. The second-order valence-electron chi connectivity index (χ2n) is 10.3. The Balaban J connectivity index is 0.000000520. The number of hydrogen-bond acceptors (Lipinski definition) is 11. The van der Waals surface area contributed by atoms with Gasteiger partial charge < -0.3 is 50.2 Å². The van der Waals surface area contributed by atoms with Crippen molar-refractivity contribution in [1.29, 1.82) is 0 Å². The number of aromatic nitrogens is 2. The number of carboxylic acid groups (broad SMARTS) is 1. The number of hydrogen-bond donors (Lipinski definition) is 5. The zero-order chi connectivity index (χ0) is 34.7. The number of nitrogens with two attached hydrogens (primary N) is 2. The first-order chi connectivity index (χ1) is 22.3. The molecular weight excluding hydrogens is 639 g/mol. The van der Waals surface area contributed by atoms with Crippen molar-refractivity contribution >= 4 is 42.3 Å². The first-order valence-electron chi connectivity index (χ1n) is 14.5. The van der Waals surface area contributed by atoms with Gasteiger partial charge in [0.2, 0.25) is 5.88 Å². The molecule has 0 spiro atoms. The van der Waals surface area contributed by atoms with Crippen LogP contribution in [0.5, 0.6) is 11.6 Å². The van der Waals surface area contributed by atoms with Crippen LogP contribution in [0, 0.1) is 0 Å². The molecule has 18 heteroatoms. The molecule has 1 saturated heterocycles. The van der Waals surface area contributed by atoms with Crippen molar-refractivity contribution in [2.75, 3.05) is 46.9 Å². The Morgan fingerprint density at radius 2 is 1.64 bits per heavy atom.